The van der Waals surface area contributed by atoms with E-state index < -0.39 is 11.0 Å². The van der Waals surface area contributed by atoms with Crippen molar-refractivity contribution in [2.75, 3.05) is 5.32 Å². The van der Waals surface area contributed by atoms with Gasteiger partial charge in [-0.2, -0.15) is 5.26 Å². The second kappa shape index (κ2) is 5.65. The van der Waals surface area contributed by atoms with Crippen LogP contribution >= 0.6 is 0 Å². The first-order chi connectivity index (χ1) is 9.20. The van der Waals surface area contributed by atoms with Gasteiger partial charge < -0.3 is 5.32 Å². The van der Waals surface area contributed by atoms with Gasteiger partial charge in [-0.05, 0) is 17.7 Å². The maximum absolute atomic E-state index is 10.7. The molecule has 0 aliphatic carbocycles. The van der Waals surface area contributed by atoms with Gasteiger partial charge in [-0.25, -0.2) is 0 Å². The number of nitro groups is 1. The molecule has 0 radical (unpaired) electrons. The predicted molar refractivity (Wildman–Crippen MR) is 71.5 cm³/mol. The van der Waals surface area contributed by atoms with Gasteiger partial charge in [0.2, 0.25) is 0 Å². The molecule has 0 saturated heterocycles. The summed E-state index contributed by atoms with van der Waals surface area (Å²) in [4.78, 5) is 10.3. The molecular formula is C14H11N3O2. The van der Waals surface area contributed by atoms with Crippen LogP contribution in [0.2, 0.25) is 0 Å². The first-order valence-electron chi connectivity index (χ1n) is 5.66. The van der Waals surface area contributed by atoms with Crippen LogP contribution in [0, 0.1) is 21.4 Å². The Kier molecular flexibility index (Phi) is 3.74. The van der Waals surface area contributed by atoms with Crippen molar-refractivity contribution in [3.8, 4) is 6.07 Å². The van der Waals surface area contributed by atoms with Crippen molar-refractivity contribution in [2.45, 2.75) is 6.04 Å². The van der Waals surface area contributed by atoms with Crippen LogP contribution in [0.15, 0.2) is 54.6 Å². The van der Waals surface area contributed by atoms with Crippen molar-refractivity contribution in [3.05, 3.63) is 70.3 Å². The zero-order chi connectivity index (χ0) is 13.7. The van der Waals surface area contributed by atoms with Crippen molar-refractivity contribution in [2.24, 2.45) is 0 Å². The highest BCUT2D eigenvalue weighted by Gasteiger charge is 2.14. The maximum atomic E-state index is 10.7. The lowest BCUT2D eigenvalue weighted by Crippen LogP contribution is -2.08. The fourth-order valence-electron chi connectivity index (χ4n) is 1.71. The third-order valence-electron chi connectivity index (χ3n) is 2.63. The van der Waals surface area contributed by atoms with Crippen LogP contribution < -0.4 is 5.32 Å². The van der Waals surface area contributed by atoms with E-state index >= 15 is 0 Å². The fourth-order valence-corrected chi connectivity index (χ4v) is 1.71. The summed E-state index contributed by atoms with van der Waals surface area (Å²) in [5.74, 6) is 0. The molecule has 0 amide bonds. The van der Waals surface area contributed by atoms with Crippen molar-refractivity contribution < 1.29 is 4.92 Å². The molecule has 5 heteroatoms. The molecule has 0 spiro atoms. The van der Waals surface area contributed by atoms with Gasteiger partial charge in [0.1, 0.15) is 6.04 Å². The van der Waals surface area contributed by atoms with Crippen molar-refractivity contribution in [1.29, 1.82) is 5.26 Å². The minimum Gasteiger partial charge on any atom is -0.366 e. The number of nitro benzene ring substituents is 1. The third kappa shape index (κ3) is 3.07. The maximum Gasteiger partial charge on any atom is 0.269 e. The molecule has 1 N–H and O–H groups in total. The fraction of sp³-hybridized carbons (Fsp3) is 0.0714. The summed E-state index contributed by atoms with van der Waals surface area (Å²) in [7, 11) is 0. The second-order valence-corrected chi connectivity index (χ2v) is 3.92. The smallest absolute Gasteiger partial charge is 0.269 e. The SMILES string of the molecule is N#CC(Nc1ccccc1)c1cccc([N+](=O)[O-])c1. The molecule has 0 saturated carbocycles. The van der Waals surface area contributed by atoms with Gasteiger partial charge in [-0.3, -0.25) is 10.1 Å². The minimum absolute atomic E-state index is 0.0207. The highest BCUT2D eigenvalue weighted by Crippen LogP contribution is 2.22. The van der Waals surface area contributed by atoms with Crippen LogP contribution in [0.3, 0.4) is 0 Å². The number of nitriles is 1. The number of anilines is 1. The summed E-state index contributed by atoms with van der Waals surface area (Å²) < 4.78 is 0. The standard InChI is InChI=1S/C14H11N3O2/c15-10-14(16-12-6-2-1-3-7-12)11-5-4-8-13(9-11)17(18)19/h1-9,14,16H. The predicted octanol–water partition coefficient (Wildman–Crippen LogP) is 3.27. The molecule has 1 unspecified atom stereocenters. The number of nitrogens with one attached hydrogen (secondary N) is 1. The van der Waals surface area contributed by atoms with Crippen LogP contribution in [0.25, 0.3) is 0 Å². The molecule has 0 aliphatic heterocycles. The Hall–Kier alpha value is -2.87. The van der Waals surface area contributed by atoms with Crippen molar-refractivity contribution in [1.82, 2.24) is 0 Å². The zero-order valence-electron chi connectivity index (χ0n) is 9.98. The molecule has 5 nitrogen and oxygen atoms in total. The van der Waals surface area contributed by atoms with E-state index in [1.807, 2.05) is 30.3 Å². The molecule has 1 atom stereocenters. The van der Waals surface area contributed by atoms with Gasteiger partial charge in [0.05, 0.1) is 11.0 Å². The van der Waals surface area contributed by atoms with Crippen molar-refractivity contribution >= 4 is 11.4 Å². The van der Waals surface area contributed by atoms with Gasteiger partial charge >= 0.3 is 0 Å². The first-order valence-corrected chi connectivity index (χ1v) is 5.66. The second-order valence-electron chi connectivity index (χ2n) is 3.92. The lowest BCUT2D eigenvalue weighted by atomic mass is 10.1. The first kappa shape index (κ1) is 12.6. The number of hydrogen-bond donors (Lipinski definition) is 1. The van der Waals surface area contributed by atoms with E-state index in [2.05, 4.69) is 11.4 Å². The summed E-state index contributed by atoms with van der Waals surface area (Å²) in [6, 6.07) is 16.8. The summed E-state index contributed by atoms with van der Waals surface area (Å²) >= 11 is 0. The van der Waals surface area contributed by atoms with E-state index in [9.17, 15) is 15.4 Å². The van der Waals surface area contributed by atoms with E-state index in [0.29, 0.717) is 5.56 Å². The van der Waals surface area contributed by atoms with Crippen LogP contribution in [0.4, 0.5) is 11.4 Å². The molecule has 0 fully saturated rings. The average molecular weight is 253 g/mol. The highest BCUT2D eigenvalue weighted by atomic mass is 16.6. The van der Waals surface area contributed by atoms with E-state index in [1.165, 1.54) is 12.1 Å². The Labute approximate surface area is 110 Å². The lowest BCUT2D eigenvalue weighted by Gasteiger charge is -2.12. The Morgan fingerprint density at radius 2 is 1.89 bits per heavy atom. The van der Waals surface area contributed by atoms with Crippen LogP contribution in [0.1, 0.15) is 11.6 Å². The molecule has 2 rings (SSSR count). The molecule has 2 aromatic carbocycles. The number of para-hydroxylation sites is 1. The zero-order valence-corrected chi connectivity index (χ0v) is 9.98. The van der Waals surface area contributed by atoms with E-state index in [1.54, 1.807) is 12.1 Å². The number of non-ortho nitro benzene ring substituents is 1. The van der Waals surface area contributed by atoms with E-state index in [4.69, 9.17) is 0 Å². The third-order valence-corrected chi connectivity index (χ3v) is 2.63. The molecular weight excluding hydrogens is 242 g/mol. The molecule has 0 aromatic heterocycles. The minimum atomic E-state index is -0.623. The van der Waals surface area contributed by atoms with E-state index in [-0.39, 0.29) is 5.69 Å². The van der Waals surface area contributed by atoms with Crippen LogP contribution in [0.5, 0.6) is 0 Å². The molecule has 0 heterocycles. The monoisotopic (exact) mass is 253 g/mol. The van der Waals surface area contributed by atoms with Gasteiger partial charge in [0.25, 0.3) is 5.69 Å². The number of hydrogen-bond acceptors (Lipinski definition) is 4. The van der Waals surface area contributed by atoms with Crippen molar-refractivity contribution in [3.63, 3.8) is 0 Å². The largest absolute Gasteiger partial charge is 0.366 e. The summed E-state index contributed by atoms with van der Waals surface area (Å²) in [6.45, 7) is 0. The van der Waals surface area contributed by atoms with Gasteiger partial charge in [0.15, 0.2) is 0 Å². The average Bonchev–Trinajstić information content (AvgIpc) is 2.46. The molecule has 19 heavy (non-hydrogen) atoms. The Morgan fingerprint density at radius 1 is 1.16 bits per heavy atom. The normalized spacial score (nSPS) is 11.3. The van der Waals surface area contributed by atoms with Crippen LogP contribution in [-0.4, -0.2) is 4.92 Å². The quantitative estimate of drug-likeness (QED) is 0.669. The Balaban J connectivity index is 2.25. The van der Waals surface area contributed by atoms with Gasteiger partial charge in [-0.15, -0.1) is 0 Å². The lowest BCUT2D eigenvalue weighted by molar-refractivity contribution is -0.384. The molecule has 94 valence electrons. The summed E-state index contributed by atoms with van der Waals surface area (Å²) in [5, 5.41) is 22.9. The number of benzene rings is 2. The molecule has 0 bridgehead atoms. The summed E-state index contributed by atoms with van der Waals surface area (Å²) in [6.07, 6.45) is 0. The Morgan fingerprint density at radius 3 is 2.53 bits per heavy atom. The number of nitrogens with zero attached hydrogens (tertiary/aromatic N) is 2. The molecule has 2 aromatic rings. The molecule has 0 aliphatic rings. The van der Waals surface area contributed by atoms with E-state index in [0.717, 1.165) is 5.69 Å². The number of rotatable bonds is 4. The topological polar surface area (TPSA) is 79.0 Å². The van der Waals surface area contributed by atoms with Gasteiger partial charge in [-0.1, -0.05) is 30.3 Å². The van der Waals surface area contributed by atoms with Gasteiger partial charge in [0, 0.05) is 17.8 Å². The summed E-state index contributed by atoms with van der Waals surface area (Å²) in [5.41, 5.74) is 1.34. The van der Waals surface area contributed by atoms with Crippen LogP contribution in [-0.2, 0) is 0 Å². The highest BCUT2D eigenvalue weighted by molar-refractivity contribution is 5.48. The Bertz CT molecular complexity index is 620.